The molecule has 0 spiro atoms. The van der Waals surface area contributed by atoms with Crippen molar-refractivity contribution in [3.8, 4) is 0 Å². The summed E-state index contributed by atoms with van der Waals surface area (Å²) in [6.07, 6.45) is 0.564. The maximum absolute atomic E-state index is 12.3. The van der Waals surface area contributed by atoms with Crippen molar-refractivity contribution in [2.45, 2.75) is 19.8 Å². The average molecular weight is 426 g/mol. The Hall–Kier alpha value is -2.80. The summed E-state index contributed by atoms with van der Waals surface area (Å²) in [6.45, 7) is 3.78. The normalized spacial score (nSPS) is 13.6. The Kier molecular flexibility index (Phi) is 7.90. The number of rotatable bonds is 7. The summed E-state index contributed by atoms with van der Waals surface area (Å²) < 4.78 is 0. The molecule has 0 unspecified atom stereocenters. The maximum atomic E-state index is 12.3. The third-order valence-electron chi connectivity index (χ3n) is 4.98. The van der Waals surface area contributed by atoms with E-state index in [2.05, 4.69) is 10.6 Å². The summed E-state index contributed by atoms with van der Waals surface area (Å²) in [6, 6.07) is 14.7. The molecule has 30 heavy (non-hydrogen) atoms. The van der Waals surface area contributed by atoms with Crippen LogP contribution in [0.2, 0.25) is 0 Å². The van der Waals surface area contributed by atoms with Gasteiger partial charge in [0, 0.05) is 48.8 Å². The molecule has 1 fully saturated rings. The average Bonchev–Trinajstić information content (AvgIpc) is 2.76. The predicted molar refractivity (Wildman–Crippen MR) is 121 cm³/mol. The van der Waals surface area contributed by atoms with Gasteiger partial charge in [-0.1, -0.05) is 30.3 Å². The lowest BCUT2D eigenvalue weighted by Crippen LogP contribution is -2.38. The van der Waals surface area contributed by atoms with E-state index in [-0.39, 0.29) is 30.7 Å². The summed E-state index contributed by atoms with van der Waals surface area (Å²) in [5, 5.41) is 5.60. The molecule has 158 valence electrons. The number of carbonyl (C=O) groups excluding carboxylic acids is 3. The Morgan fingerprint density at radius 1 is 1.00 bits per heavy atom. The van der Waals surface area contributed by atoms with E-state index < -0.39 is 0 Å². The highest BCUT2D eigenvalue weighted by atomic mass is 32.2. The second-order valence-electron chi connectivity index (χ2n) is 7.24. The SMILES string of the molecule is Cc1ccccc1C(=O)NCCC(=O)Nc1ccc(CC(=O)N2CCSCC2)cc1. The second kappa shape index (κ2) is 10.8. The summed E-state index contributed by atoms with van der Waals surface area (Å²) >= 11 is 1.88. The lowest BCUT2D eigenvalue weighted by atomic mass is 10.1. The molecular weight excluding hydrogens is 398 g/mol. The van der Waals surface area contributed by atoms with Crippen LogP contribution in [0.1, 0.15) is 27.9 Å². The molecule has 0 bridgehead atoms. The van der Waals surface area contributed by atoms with Gasteiger partial charge in [-0.3, -0.25) is 14.4 Å². The zero-order chi connectivity index (χ0) is 21.3. The fourth-order valence-electron chi connectivity index (χ4n) is 3.24. The minimum absolute atomic E-state index is 0.150. The fourth-order valence-corrected chi connectivity index (χ4v) is 4.14. The lowest BCUT2D eigenvalue weighted by Gasteiger charge is -2.26. The van der Waals surface area contributed by atoms with Gasteiger partial charge >= 0.3 is 0 Å². The molecule has 2 N–H and O–H groups in total. The largest absolute Gasteiger partial charge is 0.352 e. The van der Waals surface area contributed by atoms with Crippen LogP contribution >= 0.6 is 11.8 Å². The van der Waals surface area contributed by atoms with Crippen LogP contribution < -0.4 is 10.6 Å². The van der Waals surface area contributed by atoms with Crippen LogP contribution in [-0.4, -0.2) is 53.8 Å². The topological polar surface area (TPSA) is 78.5 Å². The Morgan fingerprint density at radius 2 is 1.70 bits per heavy atom. The summed E-state index contributed by atoms with van der Waals surface area (Å²) in [4.78, 5) is 38.6. The fraction of sp³-hybridized carbons (Fsp3) is 0.348. The lowest BCUT2D eigenvalue weighted by molar-refractivity contribution is -0.130. The van der Waals surface area contributed by atoms with E-state index in [0.717, 1.165) is 35.7 Å². The molecule has 3 amide bonds. The van der Waals surface area contributed by atoms with Crippen LogP contribution in [0.5, 0.6) is 0 Å². The van der Waals surface area contributed by atoms with Crippen LogP contribution in [0.15, 0.2) is 48.5 Å². The summed E-state index contributed by atoms with van der Waals surface area (Å²) in [7, 11) is 0. The van der Waals surface area contributed by atoms with Crippen molar-refractivity contribution in [2.24, 2.45) is 0 Å². The first kappa shape index (κ1) is 21.9. The molecule has 1 saturated heterocycles. The van der Waals surface area contributed by atoms with Crippen molar-refractivity contribution in [1.82, 2.24) is 10.2 Å². The van der Waals surface area contributed by atoms with Crippen molar-refractivity contribution in [2.75, 3.05) is 36.5 Å². The van der Waals surface area contributed by atoms with Crippen molar-refractivity contribution < 1.29 is 14.4 Å². The molecule has 1 aliphatic heterocycles. The number of nitrogens with zero attached hydrogens (tertiary/aromatic N) is 1. The number of thioether (sulfide) groups is 1. The molecule has 0 radical (unpaired) electrons. The molecule has 7 heteroatoms. The highest BCUT2D eigenvalue weighted by Crippen LogP contribution is 2.14. The second-order valence-corrected chi connectivity index (χ2v) is 8.46. The Labute approximate surface area is 181 Å². The van der Waals surface area contributed by atoms with Crippen molar-refractivity contribution >= 4 is 35.2 Å². The van der Waals surface area contributed by atoms with Crippen LogP contribution in [0, 0.1) is 6.92 Å². The molecular formula is C23H27N3O3S. The minimum atomic E-state index is -0.179. The van der Waals surface area contributed by atoms with Gasteiger partial charge in [0.1, 0.15) is 0 Å². The van der Waals surface area contributed by atoms with Gasteiger partial charge in [0.15, 0.2) is 0 Å². The number of hydrogen-bond acceptors (Lipinski definition) is 4. The third-order valence-corrected chi connectivity index (χ3v) is 5.93. The van der Waals surface area contributed by atoms with E-state index in [0.29, 0.717) is 17.7 Å². The van der Waals surface area contributed by atoms with Crippen LogP contribution in [0.3, 0.4) is 0 Å². The van der Waals surface area contributed by atoms with E-state index >= 15 is 0 Å². The van der Waals surface area contributed by atoms with Crippen molar-refractivity contribution in [3.63, 3.8) is 0 Å². The standard InChI is InChI=1S/C23H27N3O3S/c1-17-4-2-3-5-20(17)23(29)24-11-10-21(27)25-19-8-6-18(7-9-19)16-22(28)26-12-14-30-15-13-26/h2-9H,10-16H2,1H3,(H,24,29)(H,25,27). The number of hydrogen-bond donors (Lipinski definition) is 2. The summed E-state index contributed by atoms with van der Waals surface area (Å²) in [5.74, 6) is 1.80. The molecule has 0 aromatic heterocycles. The molecule has 1 aliphatic rings. The van der Waals surface area contributed by atoms with Gasteiger partial charge in [-0.05, 0) is 36.2 Å². The van der Waals surface area contributed by atoms with Gasteiger partial charge in [-0.2, -0.15) is 11.8 Å². The van der Waals surface area contributed by atoms with Crippen LogP contribution in [0.4, 0.5) is 5.69 Å². The number of amides is 3. The van der Waals surface area contributed by atoms with Crippen LogP contribution in [0.25, 0.3) is 0 Å². The number of benzene rings is 2. The quantitative estimate of drug-likeness (QED) is 0.715. The molecule has 2 aromatic rings. The number of anilines is 1. The molecule has 0 aliphatic carbocycles. The first-order valence-electron chi connectivity index (χ1n) is 10.1. The molecule has 0 atom stereocenters. The summed E-state index contributed by atoms with van der Waals surface area (Å²) in [5.41, 5.74) is 3.13. The number of aryl methyl sites for hydroxylation is 1. The minimum Gasteiger partial charge on any atom is -0.352 e. The molecule has 2 aromatic carbocycles. The van der Waals surface area contributed by atoms with Gasteiger partial charge in [-0.25, -0.2) is 0 Å². The van der Waals surface area contributed by atoms with Gasteiger partial charge in [0.25, 0.3) is 5.91 Å². The monoisotopic (exact) mass is 425 g/mol. The predicted octanol–water partition coefficient (Wildman–Crippen LogP) is 2.87. The zero-order valence-electron chi connectivity index (χ0n) is 17.1. The highest BCUT2D eigenvalue weighted by molar-refractivity contribution is 7.99. The van der Waals surface area contributed by atoms with Crippen LogP contribution in [-0.2, 0) is 16.0 Å². The maximum Gasteiger partial charge on any atom is 0.251 e. The first-order valence-corrected chi connectivity index (χ1v) is 11.3. The van der Waals surface area contributed by atoms with E-state index in [4.69, 9.17) is 0 Å². The van der Waals surface area contributed by atoms with E-state index in [1.165, 1.54) is 0 Å². The molecule has 6 nitrogen and oxygen atoms in total. The Morgan fingerprint density at radius 3 is 2.40 bits per heavy atom. The Balaban J connectivity index is 1.41. The van der Waals surface area contributed by atoms with Crippen molar-refractivity contribution in [3.05, 3.63) is 65.2 Å². The van der Waals surface area contributed by atoms with E-state index in [1.807, 2.05) is 53.9 Å². The van der Waals surface area contributed by atoms with Gasteiger partial charge in [0.05, 0.1) is 6.42 Å². The molecule has 1 heterocycles. The molecule has 0 saturated carbocycles. The molecule has 3 rings (SSSR count). The number of carbonyl (C=O) groups is 3. The first-order chi connectivity index (χ1) is 14.5. The van der Waals surface area contributed by atoms with Gasteiger partial charge in [-0.15, -0.1) is 0 Å². The highest BCUT2D eigenvalue weighted by Gasteiger charge is 2.17. The van der Waals surface area contributed by atoms with E-state index in [1.54, 1.807) is 18.2 Å². The smallest absolute Gasteiger partial charge is 0.251 e. The third kappa shape index (κ3) is 6.35. The van der Waals surface area contributed by atoms with Crippen molar-refractivity contribution in [1.29, 1.82) is 0 Å². The van der Waals surface area contributed by atoms with Gasteiger partial charge in [0.2, 0.25) is 11.8 Å². The van der Waals surface area contributed by atoms with E-state index in [9.17, 15) is 14.4 Å². The van der Waals surface area contributed by atoms with Gasteiger partial charge < -0.3 is 15.5 Å². The zero-order valence-corrected chi connectivity index (χ0v) is 18.0. The Bertz CT molecular complexity index is 893. The number of nitrogens with one attached hydrogen (secondary N) is 2.